The molecule has 3 aromatic rings. The molecular formula is C16H21N7S. The van der Waals surface area contributed by atoms with E-state index in [1.54, 1.807) is 24.2 Å². The van der Waals surface area contributed by atoms with Gasteiger partial charge in [-0.25, -0.2) is 15.0 Å². The molecule has 126 valence electrons. The monoisotopic (exact) mass is 343 g/mol. The van der Waals surface area contributed by atoms with Crippen molar-refractivity contribution in [2.24, 2.45) is 14.1 Å². The Hall–Kier alpha value is -2.35. The Labute approximate surface area is 145 Å². The molecule has 0 aliphatic carbocycles. The number of thioether (sulfide) groups is 1. The summed E-state index contributed by atoms with van der Waals surface area (Å²) in [5.41, 5.74) is 4.05. The molecule has 0 spiro atoms. The third-order valence-electron chi connectivity index (χ3n) is 3.81. The summed E-state index contributed by atoms with van der Waals surface area (Å²) in [6, 6.07) is 1.92. The summed E-state index contributed by atoms with van der Waals surface area (Å²) in [7, 11) is 3.94. The Balaban J connectivity index is 1.64. The fourth-order valence-electron chi connectivity index (χ4n) is 2.52. The standard InChI is InChI=1S/C16H21N7S/c1-11-14(12(2)23(4)21-11)13-5-6-17-15(20-13)18-8-10-24-16-19-7-9-22(16)3/h5-7,9H,8,10H2,1-4H3,(H,17,18,20). The van der Waals surface area contributed by atoms with Crippen LogP contribution in [-0.2, 0) is 14.1 Å². The maximum Gasteiger partial charge on any atom is 0.223 e. The largest absolute Gasteiger partial charge is 0.353 e. The van der Waals surface area contributed by atoms with Gasteiger partial charge in [0.1, 0.15) is 0 Å². The van der Waals surface area contributed by atoms with Crippen molar-refractivity contribution in [3.8, 4) is 11.3 Å². The van der Waals surface area contributed by atoms with Gasteiger partial charge in [0.05, 0.1) is 11.4 Å². The van der Waals surface area contributed by atoms with Gasteiger partial charge in [-0.05, 0) is 19.9 Å². The molecule has 3 rings (SSSR count). The average Bonchev–Trinajstić information content (AvgIpc) is 3.07. The summed E-state index contributed by atoms with van der Waals surface area (Å²) in [4.78, 5) is 13.2. The van der Waals surface area contributed by atoms with Crippen molar-refractivity contribution >= 4 is 17.7 Å². The zero-order chi connectivity index (χ0) is 17.1. The van der Waals surface area contributed by atoms with Crippen molar-refractivity contribution in [1.29, 1.82) is 0 Å². The second-order valence-electron chi connectivity index (χ2n) is 5.53. The van der Waals surface area contributed by atoms with Crippen LogP contribution in [0.3, 0.4) is 0 Å². The van der Waals surface area contributed by atoms with Gasteiger partial charge in [-0.1, -0.05) is 11.8 Å². The van der Waals surface area contributed by atoms with E-state index < -0.39 is 0 Å². The first-order valence-electron chi connectivity index (χ1n) is 7.74. The van der Waals surface area contributed by atoms with E-state index in [0.717, 1.165) is 40.1 Å². The molecule has 24 heavy (non-hydrogen) atoms. The van der Waals surface area contributed by atoms with Gasteiger partial charge < -0.3 is 9.88 Å². The van der Waals surface area contributed by atoms with Crippen LogP contribution in [-0.4, -0.2) is 41.6 Å². The van der Waals surface area contributed by atoms with E-state index in [-0.39, 0.29) is 0 Å². The maximum atomic E-state index is 4.62. The van der Waals surface area contributed by atoms with Crippen LogP contribution in [0, 0.1) is 13.8 Å². The van der Waals surface area contributed by atoms with E-state index >= 15 is 0 Å². The van der Waals surface area contributed by atoms with Gasteiger partial charge in [-0.2, -0.15) is 5.10 Å². The highest BCUT2D eigenvalue weighted by atomic mass is 32.2. The summed E-state index contributed by atoms with van der Waals surface area (Å²) in [6.07, 6.45) is 5.53. The Morgan fingerprint density at radius 1 is 1.17 bits per heavy atom. The quantitative estimate of drug-likeness (QED) is 0.547. The molecule has 0 aliphatic rings. The summed E-state index contributed by atoms with van der Waals surface area (Å²) < 4.78 is 3.89. The van der Waals surface area contributed by atoms with Crippen molar-refractivity contribution in [2.45, 2.75) is 19.0 Å². The molecule has 3 aromatic heterocycles. The van der Waals surface area contributed by atoms with Crippen molar-refractivity contribution in [3.63, 3.8) is 0 Å². The number of nitrogens with one attached hydrogen (secondary N) is 1. The third kappa shape index (κ3) is 3.43. The number of rotatable bonds is 6. The van der Waals surface area contributed by atoms with Crippen LogP contribution in [0.15, 0.2) is 29.8 Å². The van der Waals surface area contributed by atoms with Crippen LogP contribution < -0.4 is 5.32 Å². The summed E-state index contributed by atoms with van der Waals surface area (Å²) in [5, 5.41) is 8.73. The van der Waals surface area contributed by atoms with E-state index in [1.165, 1.54) is 0 Å². The Bertz CT molecular complexity index is 837. The Morgan fingerprint density at radius 3 is 2.67 bits per heavy atom. The van der Waals surface area contributed by atoms with Crippen molar-refractivity contribution in [1.82, 2.24) is 29.3 Å². The molecule has 0 unspecified atom stereocenters. The maximum absolute atomic E-state index is 4.62. The number of imidazole rings is 1. The smallest absolute Gasteiger partial charge is 0.223 e. The van der Waals surface area contributed by atoms with Crippen LogP contribution in [0.5, 0.6) is 0 Å². The lowest BCUT2D eigenvalue weighted by atomic mass is 10.1. The van der Waals surface area contributed by atoms with E-state index in [4.69, 9.17) is 0 Å². The first-order chi connectivity index (χ1) is 11.6. The molecule has 0 saturated heterocycles. The van der Waals surface area contributed by atoms with Crippen LogP contribution in [0.2, 0.25) is 0 Å². The predicted octanol–water partition coefficient (Wildman–Crippen LogP) is 2.43. The second kappa shape index (κ2) is 7.04. The summed E-state index contributed by atoms with van der Waals surface area (Å²) >= 11 is 1.70. The SMILES string of the molecule is Cc1nn(C)c(C)c1-c1ccnc(NCCSc2nccn2C)n1. The van der Waals surface area contributed by atoms with Gasteiger partial charge in [-0.15, -0.1) is 0 Å². The fourth-order valence-corrected chi connectivity index (χ4v) is 3.31. The van der Waals surface area contributed by atoms with Gasteiger partial charge in [0.2, 0.25) is 5.95 Å². The van der Waals surface area contributed by atoms with Crippen molar-refractivity contribution < 1.29 is 0 Å². The van der Waals surface area contributed by atoms with Crippen LogP contribution in [0.25, 0.3) is 11.3 Å². The van der Waals surface area contributed by atoms with Crippen LogP contribution in [0.1, 0.15) is 11.4 Å². The second-order valence-corrected chi connectivity index (χ2v) is 6.59. The van der Waals surface area contributed by atoms with Gasteiger partial charge in [0, 0.05) is 56.2 Å². The van der Waals surface area contributed by atoms with Crippen molar-refractivity contribution in [3.05, 3.63) is 36.0 Å². The highest BCUT2D eigenvalue weighted by Gasteiger charge is 2.13. The molecule has 0 aromatic carbocycles. The van der Waals surface area contributed by atoms with Gasteiger partial charge in [0.25, 0.3) is 0 Å². The zero-order valence-corrected chi connectivity index (χ0v) is 15.1. The lowest BCUT2D eigenvalue weighted by Crippen LogP contribution is -2.08. The number of hydrogen-bond donors (Lipinski definition) is 1. The molecule has 0 aliphatic heterocycles. The Kier molecular flexibility index (Phi) is 4.84. The fraction of sp³-hybridized carbons (Fsp3) is 0.375. The molecule has 7 nitrogen and oxygen atoms in total. The minimum atomic E-state index is 0.635. The number of hydrogen-bond acceptors (Lipinski definition) is 6. The molecule has 0 amide bonds. The number of aryl methyl sites for hydroxylation is 3. The number of aromatic nitrogens is 6. The first kappa shape index (κ1) is 16.5. The number of anilines is 1. The molecule has 0 radical (unpaired) electrons. The first-order valence-corrected chi connectivity index (χ1v) is 8.72. The van der Waals surface area contributed by atoms with Gasteiger partial charge in [-0.3, -0.25) is 4.68 Å². The highest BCUT2D eigenvalue weighted by Crippen LogP contribution is 2.25. The van der Waals surface area contributed by atoms with Crippen LogP contribution in [0.4, 0.5) is 5.95 Å². The number of nitrogens with zero attached hydrogens (tertiary/aromatic N) is 6. The van der Waals surface area contributed by atoms with E-state index in [9.17, 15) is 0 Å². The molecule has 0 bridgehead atoms. The molecule has 1 N–H and O–H groups in total. The molecule has 0 saturated carbocycles. The Morgan fingerprint density at radius 2 is 2.00 bits per heavy atom. The minimum Gasteiger partial charge on any atom is -0.353 e. The lowest BCUT2D eigenvalue weighted by Gasteiger charge is -2.07. The topological polar surface area (TPSA) is 73.5 Å². The van der Waals surface area contributed by atoms with E-state index in [2.05, 4.69) is 25.4 Å². The van der Waals surface area contributed by atoms with Crippen LogP contribution >= 0.6 is 11.8 Å². The van der Waals surface area contributed by atoms with Gasteiger partial charge >= 0.3 is 0 Å². The summed E-state index contributed by atoms with van der Waals surface area (Å²) in [6.45, 7) is 4.82. The minimum absolute atomic E-state index is 0.635. The average molecular weight is 343 g/mol. The summed E-state index contributed by atoms with van der Waals surface area (Å²) in [5.74, 6) is 1.53. The molecule has 0 atom stereocenters. The molecular weight excluding hydrogens is 322 g/mol. The predicted molar refractivity (Wildman–Crippen MR) is 96.1 cm³/mol. The van der Waals surface area contributed by atoms with E-state index in [1.807, 2.05) is 49.5 Å². The molecule has 8 heteroatoms. The molecule has 0 fully saturated rings. The lowest BCUT2D eigenvalue weighted by molar-refractivity contribution is 0.731. The van der Waals surface area contributed by atoms with E-state index in [0.29, 0.717) is 5.95 Å². The third-order valence-corrected chi connectivity index (χ3v) is 4.87. The van der Waals surface area contributed by atoms with Gasteiger partial charge in [0.15, 0.2) is 5.16 Å². The zero-order valence-electron chi connectivity index (χ0n) is 14.3. The normalized spacial score (nSPS) is 11.0. The molecule has 3 heterocycles. The highest BCUT2D eigenvalue weighted by molar-refractivity contribution is 7.99. The van der Waals surface area contributed by atoms with Crippen molar-refractivity contribution in [2.75, 3.05) is 17.6 Å².